The molecule has 0 aromatic heterocycles. The third-order valence-electron chi connectivity index (χ3n) is 4.12. The van der Waals surface area contributed by atoms with Gasteiger partial charge in [-0.1, -0.05) is 13.0 Å². The highest BCUT2D eigenvalue weighted by atomic mass is 16.5. The lowest BCUT2D eigenvalue weighted by Crippen LogP contribution is -2.57. The lowest BCUT2D eigenvalue weighted by Gasteiger charge is -2.38. The second-order valence-electron chi connectivity index (χ2n) is 5.80. The maximum Gasteiger partial charge on any atom is 0.119 e. The van der Waals surface area contributed by atoms with Gasteiger partial charge in [0.15, 0.2) is 0 Å². The number of benzene rings is 1. The van der Waals surface area contributed by atoms with Gasteiger partial charge in [-0.15, -0.1) is 0 Å². The summed E-state index contributed by atoms with van der Waals surface area (Å²) in [4.78, 5) is 2.60. The Kier molecular flexibility index (Phi) is 5.86. The van der Waals surface area contributed by atoms with Crippen molar-refractivity contribution in [1.29, 1.82) is 0 Å². The van der Waals surface area contributed by atoms with Crippen LogP contribution in [0.2, 0.25) is 0 Å². The van der Waals surface area contributed by atoms with E-state index >= 15 is 0 Å². The van der Waals surface area contributed by atoms with Crippen LogP contribution in [0.5, 0.6) is 5.75 Å². The van der Waals surface area contributed by atoms with Gasteiger partial charge in [0, 0.05) is 25.7 Å². The standard InChI is InChI=1S/C17H28N2O/c1-4-8-19(16-12-18-13-16)9-5-10-20-17-7-6-14(2)15(3)11-17/h6-7,11,16,18H,4-5,8-10,12-13H2,1-3H3. The Labute approximate surface area is 123 Å². The van der Waals surface area contributed by atoms with E-state index in [1.807, 2.05) is 0 Å². The smallest absolute Gasteiger partial charge is 0.119 e. The largest absolute Gasteiger partial charge is 0.494 e. The van der Waals surface area contributed by atoms with Gasteiger partial charge in [0.1, 0.15) is 5.75 Å². The molecule has 0 bridgehead atoms. The first-order chi connectivity index (χ1) is 9.70. The molecule has 112 valence electrons. The van der Waals surface area contributed by atoms with E-state index in [0.717, 1.165) is 44.5 Å². The fraction of sp³-hybridized carbons (Fsp3) is 0.647. The van der Waals surface area contributed by atoms with Crippen LogP contribution >= 0.6 is 0 Å². The van der Waals surface area contributed by atoms with Gasteiger partial charge in [0.25, 0.3) is 0 Å². The van der Waals surface area contributed by atoms with Crippen molar-refractivity contribution in [1.82, 2.24) is 10.2 Å². The zero-order valence-corrected chi connectivity index (χ0v) is 13.1. The van der Waals surface area contributed by atoms with E-state index < -0.39 is 0 Å². The summed E-state index contributed by atoms with van der Waals surface area (Å²) in [6.07, 6.45) is 2.33. The van der Waals surface area contributed by atoms with Crippen LogP contribution in [0.1, 0.15) is 30.9 Å². The molecule has 1 aliphatic heterocycles. The fourth-order valence-corrected chi connectivity index (χ4v) is 2.56. The van der Waals surface area contributed by atoms with Crippen LogP contribution in [0.4, 0.5) is 0 Å². The highest BCUT2D eigenvalue weighted by molar-refractivity contribution is 5.33. The molecule has 1 fully saturated rings. The SMILES string of the molecule is CCCN(CCCOc1ccc(C)c(C)c1)C1CNC1. The van der Waals surface area contributed by atoms with Gasteiger partial charge in [-0.25, -0.2) is 0 Å². The number of rotatable bonds is 8. The first-order valence-electron chi connectivity index (χ1n) is 7.85. The van der Waals surface area contributed by atoms with Gasteiger partial charge in [-0.05, 0) is 56.5 Å². The predicted octanol–water partition coefficient (Wildman–Crippen LogP) is 2.76. The Morgan fingerprint density at radius 1 is 1.20 bits per heavy atom. The van der Waals surface area contributed by atoms with Gasteiger partial charge < -0.3 is 10.1 Å². The van der Waals surface area contributed by atoms with Gasteiger partial charge >= 0.3 is 0 Å². The highest BCUT2D eigenvalue weighted by Gasteiger charge is 2.23. The normalized spacial score (nSPS) is 15.4. The van der Waals surface area contributed by atoms with Crippen LogP contribution in [-0.4, -0.2) is 43.7 Å². The zero-order chi connectivity index (χ0) is 14.4. The highest BCUT2D eigenvalue weighted by Crippen LogP contribution is 2.16. The minimum Gasteiger partial charge on any atom is -0.494 e. The number of ether oxygens (including phenoxy) is 1. The van der Waals surface area contributed by atoms with E-state index in [9.17, 15) is 0 Å². The van der Waals surface area contributed by atoms with E-state index in [2.05, 4.69) is 49.2 Å². The molecule has 0 amide bonds. The average molecular weight is 276 g/mol. The summed E-state index contributed by atoms with van der Waals surface area (Å²) in [7, 11) is 0. The second-order valence-corrected chi connectivity index (χ2v) is 5.80. The van der Waals surface area contributed by atoms with Crippen molar-refractivity contribution in [3.63, 3.8) is 0 Å². The van der Waals surface area contributed by atoms with E-state index in [1.165, 1.54) is 24.1 Å². The number of hydrogen-bond acceptors (Lipinski definition) is 3. The van der Waals surface area contributed by atoms with E-state index in [4.69, 9.17) is 4.74 Å². The summed E-state index contributed by atoms with van der Waals surface area (Å²) in [6, 6.07) is 7.09. The number of nitrogens with one attached hydrogen (secondary N) is 1. The molecule has 3 heteroatoms. The second kappa shape index (κ2) is 7.65. The lowest BCUT2D eigenvalue weighted by atomic mass is 10.1. The molecule has 1 aromatic carbocycles. The van der Waals surface area contributed by atoms with Crippen LogP contribution < -0.4 is 10.1 Å². The van der Waals surface area contributed by atoms with E-state index in [1.54, 1.807) is 0 Å². The Morgan fingerprint density at radius 2 is 2.00 bits per heavy atom. The molecule has 1 saturated heterocycles. The molecule has 0 radical (unpaired) electrons. The summed E-state index contributed by atoms with van der Waals surface area (Å²) in [6.45, 7) is 12.0. The minimum atomic E-state index is 0.747. The molecular formula is C17H28N2O. The van der Waals surface area contributed by atoms with Crippen molar-refractivity contribution < 1.29 is 4.74 Å². The predicted molar refractivity (Wildman–Crippen MR) is 84.5 cm³/mol. The molecule has 0 atom stereocenters. The van der Waals surface area contributed by atoms with Crippen molar-refractivity contribution >= 4 is 0 Å². The summed E-state index contributed by atoms with van der Waals surface area (Å²) in [5.74, 6) is 1.00. The first kappa shape index (κ1) is 15.3. The molecule has 0 aliphatic carbocycles. The molecule has 1 heterocycles. The summed E-state index contributed by atoms with van der Waals surface area (Å²) < 4.78 is 5.86. The number of aryl methyl sites for hydroxylation is 2. The van der Waals surface area contributed by atoms with Gasteiger partial charge in [0.05, 0.1) is 6.61 Å². The van der Waals surface area contributed by atoms with Crippen molar-refractivity contribution in [2.24, 2.45) is 0 Å². The zero-order valence-electron chi connectivity index (χ0n) is 13.1. The van der Waals surface area contributed by atoms with Gasteiger partial charge in [-0.3, -0.25) is 4.90 Å². The Bertz CT molecular complexity index is 415. The number of nitrogens with zero attached hydrogens (tertiary/aromatic N) is 1. The topological polar surface area (TPSA) is 24.5 Å². The fourth-order valence-electron chi connectivity index (χ4n) is 2.56. The van der Waals surface area contributed by atoms with Crippen LogP contribution in [0.3, 0.4) is 0 Å². The average Bonchev–Trinajstić information content (AvgIpc) is 2.37. The molecule has 0 spiro atoms. The molecule has 1 aromatic rings. The Balaban J connectivity index is 1.70. The molecule has 0 saturated carbocycles. The van der Waals surface area contributed by atoms with E-state index in [-0.39, 0.29) is 0 Å². The number of hydrogen-bond donors (Lipinski definition) is 1. The van der Waals surface area contributed by atoms with E-state index in [0.29, 0.717) is 0 Å². The van der Waals surface area contributed by atoms with Crippen molar-refractivity contribution in [2.45, 2.75) is 39.7 Å². The quantitative estimate of drug-likeness (QED) is 0.739. The maximum atomic E-state index is 5.86. The van der Waals surface area contributed by atoms with Crippen molar-refractivity contribution in [3.05, 3.63) is 29.3 Å². The molecule has 20 heavy (non-hydrogen) atoms. The van der Waals surface area contributed by atoms with Crippen LogP contribution in [-0.2, 0) is 0 Å². The molecule has 2 rings (SSSR count). The minimum absolute atomic E-state index is 0.747. The van der Waals surface area contributed by atoms with Crippen molar-refractivity contribution in [2.75, 3.05) is 32.8 Å². The molecule has 3 nitrogen and oxygen atoms in total. The van der Waals surface area contributed by atoms with Crippen LogP contribution in [0, 0.1) is 13.8 Å². The lowest BCUT2D eigenvalue weighted by molar-refractivity contribution is 0.135. The molecule has 0 unspecified atom stereocenters. The Morgan fingerprint density at radius 3 is 2.60 bits per heavy atom. The Hall–Kier alpha value is -1.06. The summed E-state index contributed by atoms with van der Waals surface area (Å²) >= 11 is 0. The summed E-state index contributed by atoms with van der Waals surface area (Å²) in [5, 5.41) is 3.35. The maximum absolute atomic E-state index is 5.86. The summed E-state index contributed by atoms with van der Waals surface area (Å²) in [5.41, 5.74) is 2.62. The van der Waals surface area contributed by atoms with Gasteiger partial charge in [0.2, 0.25) is 0 Å². The van der Waals surface area contributed by atoms with Crippen LogP contribution in [0.25, 0.3) is 0 Å². The molecule has 1 N–H and O–H groups in total. The third-order valence-corrected chi connectivity index (χ3v) is 4.12. The van der Waals surface area contributed by atoms with Gasteiger partial charge in [-0.2, -0.15) is 0 Å². The third kappa shape index (κ3) is 4.22. The van der Waals surface area contributed by atoms with Crippen LogP contribution in [0.15, 0.2) is 18.2 Å². The first-order valence-corrected chi connectivity index (χ1v) is 7.85. The molecule has 1 aliphatic rings. The molecular weight excluding hydrogens is 248 g/mol. The van der Waals surface area contributed by atoms with Crippen molar-refractivity contribution in [3.8, 4) is 5.75 Å². The monoisotopic (exact) mass is 276 g/mol.